The molecule has 0 fully saturated rings. The minimum atomic E-state index is 0.810. The van der Waals surface area contributed by atoms with Crippen LogP contribution in [0.15, 0.2) is 36.7 Å². The first-order valence-corrected chi connectivity index (χ1v) is 6.98. The van der Waals surface area contributed by atoms with Gasteiger partial charge >= 0.3 is 0 Å². The van der Waals surface area contributed by atoms with Gasteiger partial charge in [0.1, 0.15) is 0 Å². The Morgan fingerprint density at radius 2 is 1.20 bits per heavy atom. The van der Waals surface area contributed by atoms with Crippen LogP contribution >= 0.6 is 0 Å². The fourth-order valence-corrected chi connectivity index (χ4v) is 1.82. The highest BCUT2D eigenvalue weighted by Gasteiger charge is 1.95. The van der Waals surface area contributed by atoms with Crippen LogP contribution in [0.1, 0.15) is 22.5 Å². The van der Waals surface area contributed by atoms with E-state index in [1.165, 1.54) is 11.1 Å². The van der Waals surface area contributed by atoms with E-state index in [1.54, 1.807) is 0 Å². The zero-order chi connectivity index (χ0) is 14.2. The van der Waals surface area contributed by atoms with E-state index in [4.69, 9.17) is 0 Å². The van der Waals surface area contributed by atoms with E-state index in [-0.39, 0.29) is 0 Å². The number of aromatic nitrogens is 2. The molecule has 0 amide bonds. The smallest absolute Gasteiger partial charge is 0.0541 e. The summed E-state index contributed by atoms with van der Waals surface area (Å²) in [4.78, 5) is 8.72. The molecule has 0 aromatic carbocycles. The molecule has 2 N–H and O–H groups in total. The third-order valence-electron chi connectivity index (χ3n) is 3.04. The first kappa shape index (κ1) is 14.6. The average molecular weight is 270 g/mol. The summed E-state index contributed by atoms with van der Waals surface area (Å²) in [5.41, 5.74) is 4.55. The van der Waals surface area contributed by atoms with Crippen LogP contribution in [-0.4, -0.2) is 23.1 Å². The number of hydrogen-bond donors (Lipinski definition) is 2. The van der Waals surface area contributed by atoms with Gasteiger partial charge in [-0.1, -0.05) is 12.1 Å². The number of nitrogens with zero attached hydrogens (tertiary/aromatic N) is 2. The fourth-order valence-electron chi connectivity index (χ4n) is 1.82. The second-order valence-electron chi connectivity index (χ2n) is 5.01. The summed E-state index contributed by atoms with van der Waals surface area (Å²) in [5.74, 6) is 0. The van der Waals surface area contributed by atoms with Crippen molar-refractivity contribution >= 4 is 0 Å². The van der Waals surface area contributed by atoms with E-state index < -0.39 is 0 Å². The topological polar surface area (TPSA) is 49.8 Å². The van der Waals surface area contributed by atoms with E-state index >= 15 is 0 Å². The minimum absolute atomic E-state index is 0.810. The highest BCUT2D eigenvalue weighted by molar-refractivity contribution is 5.12. The van der Waals surface area contributed by atoms with Crippen molar-refractivity contribution in [3.8, 4) is 0 Å². The lowest BCUT2D eigenvalue weighted by atomic mass is 10.3. The van der Waals surface area contributed by atoms with Gasteiger partial charge in [0.25, 0.3) is 0 Å². The van der Waals surface area contributed by atoms with Crippen molar-refractivity contribution in [1.29, 1.82) is 0 Å². The monoisotopic (exact) mass is 270 g/mol. The van der Waals surface area contributed by atoms with Crippen LogP contribution in [-0.2, 0) is 13.1 Å². The normalized spacial score (nSPS) is 10.7. The van der Waals surface area contributed by atoms with Crippen molar-refractivity contribution in [2.45, 2.75) is 26.9 Å². The Morgan fingerprint density at radius 3 is 1.55 bits per heavy atom. The summed E-state index contributed by atoms with van der Waals surface area (Å²) in [5, 5.41) is 6.74. The van der Waals surface area contributed by atoms with E-state index in [0.29, 0.717) is 0 Å². The second kappa shape index (κ2) is 7.72. The molecule has 2 aromatic heterocycles. The largest absolute Gasteiger partial charge is 0.310 e. The molecule has 106 valence electrons. The summed E-state index contributed by atoms with van der Waals surface area (Å²) in [6.07, 6.45) is 3.80. The van der Waals surface area contributed by atoms with Crippen LogP contribution in [0.25, 0.3) is 0 Å². The molecule has 2 rings (SSSR count). The van der Waals surface area contributed by atoms with Crippen LogP contribution in [0.2, 0.25) is 0 Å². The Labute approximate surface area is 120 Å². The van der Waals surface area contributed by atoms with Crippen molar-refractivity contribution < 1.29 is 0 Å². The van der Waals surface area contributed by atoms with Gasteiger partial charge in [0, 0.05) is 38.6 Å². The molecule has 0 radical (unpaired) electrons. The minimum Gasteiger partial charge on any atom is -0.310 e. The predicted octanol–water partition coefficient (Wildman–Crippen LogP) is 1.97. The number of nitrogens with one attached hydrogen (secondary N) is 2. The third-order valence-corrected chi connectivity index (χ3v) is 3.04. The van der Waals surface area contributed by atoms with Crippen LogP contribution in [0, 0.1) is 13.8 Å². The number of aryl methyl sites for hydroxylation is 2. The Balaban J connectivity index is 1.57. The lowest BCUT2D eigenvalue weighted by Crippen LogP contribution is -2.27. The second-order valence-corrected chi connectivity index (χ2v) is 5.01. The van der Waals surface area contributed by atoms with Gasteiger partial charge in [-0.3, -0.25) is 9.97 Å². The Kier molecular flexibility index (Phi) is 5.65. The molecule has 4 heteroatoms. The maximum absolute atomic E-state index is 4.36. The van der Waals surface area contributed by atoms with Crippen LogP contribution in [0.5, 0.6) is 0 Å². The van der Waals surface area contributed by atoms with Gasteiger partial charge in [0.15, 0.2) is 0 Å². The Morgan fingerprint density at radius 1 is 0.750 bits per heavy atom. The van der Waals surface area contributed by atoms with Gasteiger partial charge < -0.3 is 10.6 Å². The molecule has 0 atom stereocenters. The first-order valence-electron chi connectivity index (χ1n) is 6.98. The molecule has 0 unspecified atom stereocenters. The van der Waals surface area contributed by atoms with Crippen LogP contribution < -0.4 is 10.6 Å². The number of hydrogen-bond acceptors (Lipinski definition) is 4. The zero-order valence-corrected chi connectivity index (χ0v) is 12.2. The van der Waals surface area contributed by atoms with Crippen molar-refractivity contribution in [2.24, 2.45) is 0 Å². The molecule has 2 heterocycles. The summed E-state index contributed by atoms with van der Waals surface area (Å²) < 4.78 is 0. The van der Waals surface area contributed by atoms with Crippen molar-refractivity contribution in [3.63, 3.8) is 0 Å². The van der Waals surface area contributed by atoms with Crippen molar-refractivity contribution in [1.82, 2.24) is 20.6 Å². The number of rotatable bonds is 7. The Bertz CT molecular complexity index is 456. The average Bonchev–Trinajstić information content (AvgIpc) is 2.46. The third kappa shape index (κ3) is 5.07. The predicted molar refractivity (Wildman–Crippen MR) is 81.4 cm³/mol. The van der Waals surface area contributed by atoms with Gasteiger partial charge in [-0.15, -0.1) is 0 Å². The highest BCUT2D eigenvalue weighted by Crippen LogP contribution is 1.98. The van der Waals surface area contributed by atoms with E-state index in [9.17, 15) is 0 Å². The standard InChI is InChI=1S/C16H22N4/c1-13-3-5-15(19-9-13)11-17-7-8-18-12-16-6-4-14(2)10-20-16/h3-6,9-10,17-18H,7-8,11-12H2,1-2H3. The van der Waals surface area contributed by atoms with E-state index in [2.05, 4.69) is 44.9 Å². The van der Waals surface area contributed by atoms with Crippen molar-refractivity contribution in [2.75, 3.05) is 13.1 Å². The van der Waals surface area contributed by atoms with Gasteiger partial charge in [-0.2, -0.15) is 0 Å². The molecule has 0 bridgehead atoms. The molecule has 20 heavy (non-hydrogen) atoms. The molecule has 0 aliphatic rings. The SMILES string of the molecule is Cc1ccc(CNCCNCc2ccc(C)cn2)nc1. The van der Waals surface area contributed by atoms with Gasteiger partial charge in [0.05, 0.1) is 11.4 Å². The lowest BCUT2D eigenvalue weighted by Gasteiger charge is -2.06. The zero-order valence-electron chi connectivity index (χ0n) is 12.2. The van der Waals surface area contributed by atoms with Gasteiger partial charge in [-0.25, -0.2) is 0 Å². The van der Waals surface area contributed by atoms with Crippen LogP contribution in [0.3, 0.4) is 0 Å². The number of pyridine rings is 2. The summed E-state index contributed by atoms with van der Waals surface area (Å²) in [7, 11) is 0. The molecule has 0 aliphatic carbocycles. The maximum atomic E-state index is 4.36. The molecular weight excluding hydrogens is 248 g/mol. The van der Waals surface area contributed by atoms with Gasteiger partial charge in [-0.05, 0) is 37.1 Å². The quantitative estimate of drug-likeness (QED) is 0.755. The van der Waals surface area contributed by atoms with Gasteiger partial charge in [0.2, 0.25) is 0 Å². The molecule has 2 aromatic rings. The fraction of sp³-hybridized carbons (Fsp3) is 0.375. The summed E-state index contributed by atoms with van der Waals surface area (Å²) in [6, 6.07) is 8.30. The molecule has 0 aliphatic heterocycles. The Hall–Kier alpha value is -1.78. The van der Waals surface area contributed by atoms with E-state index in [1.807, 2.05) is 26.2 Å². The highest BCUT2D eigenvalue weighted by atomic mass is 15.0. The van der Waals surface area contributed by atoms with E-state index in [0.717, 1.165) is 37.6 Å². The molecule has 0 saturated heterocycles. The van der Waals surface area contributed by atoms with Crippen molar-refractivity contribution in [3.05, 3.63) is 59.2 Å². The first-order chi connectivity index (χ1) is 9.74. The molecule has 0 spiro atoms. The van der Waals surface area contributed by atoms with Crippen LogP contribution in [0.4, 0.5) is 0 Å². The summed E-state index contributed by atoms with van der Waals surface area (Å²) >= 11 is 0. The lowest BCUT2D eigenvalue weighted by molar-refractivity contribution is 0.601. The molecular formula is C16H22N4. The maximum Gasteiger partial charge on any atom is 0.0541 e. The molecule has 4 nitrogen and oxygen atoms in total. The molecule has 0 saturated carbocycles. The summed E-state index contributed by atoms with van der Waals surface area (Å²) in [6.45, 7) is 7.55.